The van der Waals surface area contributed by atoms with Gasteiger partial charge in [-0.05, 0) is 63.2 Å². The summed E-state index contributed by atoms with van der Waals surface area (Å²) in [6.45, 7) is 5.49. The summed E-state index contributed by atoms with van der Waals surface area (Å²) >= 11 is 3.45. The second-order valence-corrected chi connectivity index (χ2v) is 7.37. The summed E-state index contributed by atoms with van der Waals surface area (Å²) < 4.78 is 6.24. The average Bonchev–Trinajstić information content (AvgIpc) is 2.89. The van der Waals surface area contributed by atoms with Gasteiger partial charge in [-0.3, -0.25) is 5.32 Å². The zero-order valence-corrected chi connectivity index (χ0v) is 15.3. The van der Waals surface area contributed by atoms with Gasteiger partial charge in [-0.25, -0.2) is 9.78 Å². The van der Waals surface area contributed by atoms with Crippen LogP contribution in [0.15, 0.2) is 46.9 Å². The standard InChI is InChI=1S/C18H18BrN3O2/c1-18(2,3)24-17(23)20-13-7-4-11(5-8-13)16-21-14-9-6-12(19)10-15(14)22-16/h4-10H,1-3H3,(H,20,23)(H,21,22). The molecule has 0 spiro atoms. The van der Waals surface area contributed by atoms with Crippen molar-refractivity contribution >= 4 is 38.7 Å². The highest BCUT2D eigenvalue weighted by Crippen LogP contribution is 2.24. The quantitative estimate of drug-likeness (QED) is 0.623. The molecule has 1 aromatic heterocycles. The van der Waals surface area contributed by atoms with E-state index < -0.39 is 11.7 Å². The fourth-order valence-electron chi connectivity index (χ4n) is 2.25. The van der Waals surface area contributed by atoms with Crippen molar-refractivity contribution in [2.45, 2.75) is 26.4 Å². The molecule has 1 heterocycles. The van der Waals surface area contributed by atoms with Crippen molar-refractivity contribution in [1.82, 2.24) is 9.97 Å². The number of aromatic amines is 1. The van der Waals surface area contributed by atoms with Crippen molar-refractivity contribution < 1.29 is 9.53 Å². The van der Waals surface area contributed by atoms with E-state index in [9.17, 15) is 4.79 Å². The summed E-state index contributed by atoms with van der Waals surface area (Å²) in [6, 6.07) is 13.4. The van der Waals surface area contributed by atoms with E-state index in [0.717, 1.165) is 26.9 Å². The first-order valence-corrected chi connectivity index (χ1v) is 8.35. The number of aromatic nitrogens is 2. The van der Waals surface area contributed by atoms with E-state index >= 15 is 0 Å². The van der Waals surface area contributed by atoms with Crippen molar-refractivity contribution in [3.8, 4) is 11.4 Å². The Morgan fingerprint density at radius 3 is 2.54 bits per heavy atom. The van der Waals surface area contributed by atoms with E-state index in [1.807, 2.05) is 63.2 Å². The summed E-state index contributed by atoms with van der Waals surface area (Å²) in [5, 5.41) is 2.71. The number of halogens is 1. The lowest BCUT2D eigenvalue weighted by Crippen LogP contribution is -2.27. The molecule has 0 aliphatic carbocycles. The highest BCUT2D eigenvalue weighted by atomic mass is 79.9. The van der Waals surface area contributed by atoms with Crippen molar-refractivity contribution in [1.29, 1.82) is 0 Å². The van der Waals surface area contributed by atoms with Crippen LogP contribution in [-0.4, -0.2) is 21.7 Å². The van der Waals surface area contributed by atoms with Gasteiger partial charge in [0.15, 0.2) is 0 Å². The summed E-state index contributed by atoms with van der Waals surface area (Å²) in [4.78, 5) is 19.6. The molecule has 0 bridgehead atoms. The maximum absolute atomic E-state index is 11.8. The SMILES string of the molecule is CC(C)(C)OC(=O)Nc1ccc(-c2nc3ccc(Br)cc3[nH]2)cc1. The number of carbonyl (C=O) groups excluding carboxylic acids is 1. The van der Waals surface area contributed by atoms with Crippen LogP contribution in [0.1, 0.15) is 20.8 Å². The van der Waals surface area contributed by atoms with Crippen LogP contribution in [0.2, 0.25) is 0 Å². The normalized spacial score (nSPS) is 11.5. The molecule has 3 aromatic rings. The Balaban J connectivity index is 1.77. The summed E-state index contributed by atoms with van der Waals surface area (Å²) in [5.41, 5.74) is 2.97. The van der Waals surface area contributed by atoms with Gasteiger partial charge in [0.25, 0.3) is 0 Å². The van der Waals surface area contributed by atoms with Crippen LogP contribution in [-0.2, 0) is 4.74 Å². The van der Waals surface area contributed by atoms with E-state index in [0.29, 0.717) is 5.69 Å². The predicted octanol–water partition coefficient (Wildman–Crippen LogP) is 5.34. The molecular weight excluding hydrogens is 370 g/mol. The lowest BCUT2D eigenvalue weighted by molar-refractivity contribution is 0.0636. The first-order valence-electron chi connectivity index (χ1n) is 7.56. The largest absolute Gasteiger partial charge is 0.444 e. The van der Waals surface area contributed by atoms with Gasteiger partial charge in [0.05, 0.1) is 11.0 Å². The Morgan fingerprint density at radius 2 is 1.88 bits per heavy atom. The molecule has 0 atom stereocenters. The van der Waals surface area contributed by atoms with Crippen LogP contribution >= 0.6 is 15.9 Å². The number of H-pyrrole nitrogens is 1. The Labute approximate surface area is 148 Å². The summed E-state index contributed by atoms with van der Waals surface area (Å²) in [5.74, 6) is 0.784. The fourth-order valence-corrected chi connectivity index (χ4v) is 2.61. The molecule has 6 heteroatoms. The second kappa shape index (κ2) is 6.28. The molecule has 124 valence electrons. The number of amides is 1. The first kappa shape index (κ1) is 16.5. The molecule has 0 fully saturated rings. The van der Waals surface area contributed by atoms with Crippen LogP contribution in [0.3, 0.4) is 0 Å². The smallest absolute Gasteiger partial charge is 0.412 e. The number of imidazole rings is 1. The molecule has 0 saturated heterocycles. The van der Waals surface area contributed by atoms with Gasteiger partial charge in [0.1, 0.15) is 11.4 Å². The van der Waals surface area contributed by atoms with E-state index in [2.05, 4.69) is 31.2 Å². The van der Waals surface area contributed by atoms with Crippen LogP contribution in [0, 0.1) is 0 Å². The molecule has 0 aliphatic rings. The molecule has 2 N–H and O–H groups in total. The Bertz CT molecular complexity index is 879. The number of hydrogen-bond donors (Lipinski definition) is 2. The number of carbonyl (C=O) groups is 1. The minimum atomic E-state index is -0.521. The zero-order valence-electron chi connectivity index (χ0n) is 13.7. The van der Waals surface area contributed by atoms with E-state index in [1.165, 1.54) is 0 Å². The average molecular weight is 388 g/mol. The van der Waals surface area contributed by atoms with Crippen molar-refractivity contribution in [3.05, 3.63) is 46.9 Å². The van der Waals surface area contributed by atoms with Gasteiger partial charge in [-0.15, -0.1) is 0 Å². The van der Waals surface area contributed by atoms with Crippen molar-refractivity contribution in [2.24, 2.45) is 0 Å². The maximum atomic E-state index is 11.8. The molecule has 0 radical (unpaired) electrons. The molecule has 24 heavy (non-hydrogen) atoms. The van der Waals surface area contributed by atoms with Gasteiger partial charge in [-0.1, -0.05) is 15.9 Å². The number of ether oxygens (including phenoxy) is 1. The number of anilines is 1. The third kappa shape index (κ3) is 3.94. The lowest BCUT2D eigenvalue weighted by Gasteiger charge is -2.19. The number of rotatable bonds is 2. The van der Waals surface area contributed by atoms with Crippen molar-refractivity contribution in [3.63, 3.8) is 0 Å². The number of fused-ring (bicyclic) bond motifs is 1. The van der Waals surface area contributed by atoms with Gasteiger partial charge < -0.3 is 9.72 Å². The second-order valence-electron chi connectivity index (χ2n) is 6.45. The molecule has 2 aromatic carbocycles. The fraction of sp³-hybridized carbons (Fsp3) is 0.222. The molecule has 3 rings (SSSR count). The number of hydrogen-bond acceptors (Lipinski definition) is 3. The molecule has 0 aliphatic heterocycles. The number of nitrogens with one attached hydrogen (secondary N) is 2. The van der Waals surface area contributed by atoms with Crippen LogP contribution in [0.25, 0.3) is 22.4 Å². The lowest BCUT2D eigenvalue weighted by atomic mass is 10.2. The molecule has 0 unspecified atom stereocenters. The molecule has 1 amide bonds. The monoisotopic (exact) mass is 387 g/mol. The molecule has 0 saturated carbocycles. The minimum absolute atomic E-state index is 0.469. The highest BCUT2D eigenvalue weighted by Gasteiger charge is 2.16. The van der Waals surface area contributed by atoms with E-state index in [4.69, 9.17) is 4.74 Å². The first-order chi connectivity index (χ1) is 11.3. The Hall–Kier alpha value is -2.34. The van der Waals surface area contributed by atoms with Gasteiger partial charge in [0, 0.05) is 15.7 Å². The Kier molecular flexibility index (Phi) is 4.32. The number of benzene rings is 2. The van der Waals surface area contributed by atoms with Crippen LogP contribution < -0.4 is 5.32 Å². The van der Waals surface area contributed by atoms with E-state index in [1.54, 1.807) is 0 Å². The third-order valence-corrected chi connectivity index (χ3v) is 3.74. The minimum Gasteiger partial charge on any atom is -0.444 e. The zero-order chi connectivity index (χ0) is 17.3. The molecular formula is C18H18BrN3O2. The van der Waals surface area contributed by atoms with Crippen LogP contribution in [0.4, 0.5) is 10.5 Å². The van der Waals surface area contributed by atoms with Gasteiger partial charge in [0.2, 0.25) is 0 Å². The van der Waals surface area contributed by atoms with Crippen molar-refractivity contribution in [2.75, 3.05) is 5.32 Å². The molecule has 5 nitrogen and oxygen atoms in total. The summed E-state index contributed by atoms with van der Waals surface area (Å²) in [6.07, 6.45) is -0.469. The summed E-state index contributed by atoms with van der Waals surface area (Å²) in [7, 11) is 0. The third-order valence-electron chi connectivity index (χ3n) is 3.25. The highest BCUT2D eigenvalue weighted by molar-refractivity contribution is 9.10. The topological polar surface area (TPSA) is 67.0 Å². The maximum Gasteiger partial charge on any atom is 0.412 e. The number of nitrogens with zero attached hydrogens (tertiary/aromatic N) is 1. The predicted molar refractivity (Wildman–Crippen MR) is 99.1 cm³/mol. The van der Waals surface area contributed by atoms with Gasteiger partial charge >= 0.3 is 6.09 Å². The van der Waals surface area contributed by atoms with E-state index in [-0.39, 0.29) is 0 Å². The van der Waals surface area contributed by atoms with Crippen LogP contribution in [0.5, 0.6) is 0 Å². The Morgan fingerprint density at radius 1 is 1.17 bits per heavy atom. The van der Waals surface area contributed by atoms with Gasteiger partial charge in [-0.2, -0.15) is 0 Å².